The Morgan fingerprint density at radius 3 is 0.800 bits per heavy atom. The minimum Gasteiger partial charge on any atom is -0.456 e. The summed E-state index contributed by atoms with van der Waals surface area (Å²) in [5.41, 5.74) is 18.1. The van der Waals surface area contributed by atoms with Crippen molar-refractivity contribution in [3.63, 3.8) is 0 Å². The Morgan fingerprint density at radius 1 is 0.150 bits per heavy atom. The van der Waals surface area contributed by atoms with Crippen molar-refractivity contribution in [1.82, 2.24) is 0 Å². The van der Waals surface area contributed by atoms with Crippen LogP contribution >= 0.6 is 0 Å². The summed E-state index contributed by atoms with van der Waals surface area (Å²) in [6, 6.07) is 102. The molecule has 0 saturated heterocycles. The summed E-state index contributed by atoms with van der Waals surface area (Å²) in [6.07, 6.45) is 0. The van der Waals surface area contributed by atoms with E-state index in [1.165, 1.54) is 131 Å². The highest BCUT2D eigenvalue weighted by Crippen LogP contribution is 2.48. The van der Waals surface area contributed by atoms with Crippen LogP contribution in [0.5, 0.6) is 0 Å². The van der Waals surface area contributed by atoms with E-state index in [0.29, 0.717) is 0 Å². The molecule has 0 atom stereocenters. The Labute approximate surface area is 460 Å². The highest BCUT2D eigenvalue weighted by Gasteiger charge is 2.21. The Morgan fingerprint density at radius 2 is 0.412 bits per heavy atom. The molecule has 15 aromatic carbocycles. The lowest BCUT2D eigenvalue weighted by molar-refractivity contribution is 0.668. The molecule has 0 aliphatic carbocycles. The van der Waals surface area contributed by atoms with E-state index in [2.05, 4.69) is 261 Å². The van der Waals surface area contributed by atoms with Gasteiger partial charge in [0.15, 0.2) is 0 Å². The Balaban J connectivity index is 0.744. The summed E-state index contributed by atoms with van der Waals surface area (Å²) in [4.78, 5) is 0. The maximum absolute atomic E-state index is 6.27. The van der Waals surface area contributed by atoms with Gasteiger partial charge in [-0.2, -0.15) is 0 Å². The van der Waals surface area contributed by atoms with Crippen molar-refractivity contribution < 1.29 is 8.83 Å². The predicted molar refractivity (Wildman–Crippen MR) is 339 cm³/mol. The number of hydrogen-bond acceptors (Lipinski definition) is 2. The van der Waals surface area contributed by atoms with Crippen LogP contribution in [0, 0.1) is 0 Å². The number of rotatable bonds is 6. The molecular weight excluding hydrogens is 969 g/mol. The van der Waals surface area contributed by atoms with Crippen molar-refractivity contribution in [1.29, 1.82) is 0 Å². The van der Waals surface area contributed by atoms with Crippen molar-refractivity contribution in [3.8, 4) is 66.8 Å². The number of furan rings is 2. The second-order valence-corrected chi connectivity index (χ2v) is 21.4. The molecule has 370 valence electrons. The normalized spacial score (nSPS) is 12.0. The second kappa shape index (κ2) is 17.5. The smallest absolute Gasteiger partial charge is 0.135 e. The van der Waals surface area contributed by atoms with Crippen molar-refractivity contribution in [2.24, 2.45) is 0 Å². The van der Waals surface area contributed by atoms with Crippen molar-refractivity contribution in [2.75, 3.05) is 0 Å². The van der Waals surface area contributed by atoms with Gasteiger partial charge in [0.2, 0.25) is 0 Å². The van der Waals surface area contributed by atoms with Gasteiger partial charge >= 0.3 is 0 Å². The van der Waals surface area contributed by atoms with Gasteiger partial charge in [-0.15, -0.1) is 0 Å². The van der Waals surface area contributed by atoms with E-state index in [0.717, 1.165) is 43.9 Å². The predicted octanol–water partition coefficient (Wildman–Crippen LogP) is 22.4. The molecule has 2 heterocycles. The maximum atomic E-state index is 6.27. The Hall–Kier alpha value is -10.5. The average Bonchev–Trinajstić information content (AvgIpc) is 4.14. The molecule has 0 saturated carbocycles. The topological polar surface area (TPSA) is 26.3 Å². The lowest BCUT2D eigenvalue weighted by Crippen LogP contribution is -1.91. The van der Waals surface area contributed by atoms with Crippen LogP contribution < -0.4 is 0 Å². The van der Waals surface area contributed by atoms with E-state index < -0.39 is 0 Å². The third-order valence-corrected chi connectivity index (χ3v) is 17.0. The summed E-state index contributed by atoms with van der Waals surface area (Å²) in [5.74, 6) is 0. The maximum Gasteiger partial charge on any atom is 0.135 e. The van der Waals surface area contributed by atoms with Crippen molar-refractivity contribution in [3.05, 3.63) is 279 Å². The number of benzene rings is 15. The molecule has 17 rings (SSSR count). The third-order valence-electron chi connectivity index (χ3n) is 17.0. The SMILES string of the molecule is c1cc(-c2ccc3ccc(-c4ccc5ccc(-c6c7ccccc7c(-c7ccc8oc9ccccc9c8c7)c7ccccc67)cc5c4)cc3c2)cc(-c2c3ccccc3c(-c3ccc4oc5ccccc5c4c3)c3ccccc23)c1. The first-order valence-corrected chi connectivity index (χ1v) is 27.5. The zero-order valence-electron chi connectivity index (χ0n) is 43.4. The molecule has 0 fully saturated rings. The van der Waals surface area contributed by atoms with Gasteiger partial charge < -0.3 is 8.83 Å². The first kappa shape index (κ1) is 44.6. The van der Waals surface area contributed by atoms with Gasteiger partial charge in [-0.1, -0.05) is 212 Å². The molecular formula is C78H46O2. The van der Waals surface area contributed by atoms with Crippen LogP contribution in [0.1, 0.15) is 0 Å². The molecule has 2 heteroatoms. The van der Waals surface area contributed by atoms with E-state index in [-0.39, 0.29) is 0 Å². The zero-order valence-corrected chi connectivity index (χ0v) is 43.4. The fourth-order valence-electron chi connectivity index (χ4n) is 13.3. The fraction of sp³-hybridized carbons (Fsp3) is 0. The summed E-state index contributed by atoms with van der Waals surface area (Å²) in [6.45, 7) is 0. The quantitative estimate of drug-likeness (QED) is 0.155. The lowest BCUT2D eigenvalue weighted by atomic mass is 9.85. The van der Waals surface area contributed by atoms with E-state index in [4.69, 9.17) is 8.83 Å². The largest absolute Gasteiger partial charge is 0.456 e. The minimum atomic E-state index is 0.904. The Bertz CT molecular complexity index is 5320. The molecule has 0 aliphatic rings. The standard InChI is InChI=1S/C78H46O2/c1-5-22-65-61(18-1)75(62-19-2-6-23-66(62)77(65)55-36-38-73-69(45-55)59-16-9-11-26-71(59)79-73)53-15-13-14-49(40-53)50-32-28-47-29-33-51(42-57(47)41-50)52-34-30-48-31-35-54(44-58(48)43-52)76-63-20-3-7-24-67(63)78(68-25-8-4-21-64(68)76)56-37-39-74-70(46-56)60-17-10-12-27-72(60)80-74/h1-46H. The van der Waals surface area contributed by atoms with Gasteiger partial charge in [-0.25, -0.2) is 0 Å². The van der Waals surface area contributed by atoms with Crippen LogP contribution in [-0.4, -0.2) is 0 Å². The highest BCUT2D eigenvalue weighted by molar-refractivity contribution is 6.24. The van der Waals surface area contributed by atoms with Gasteiger partial charge in [0, 0.05) is 21.5 Å². The summed E-state index contributed by atoms with van der Waals surface area (Å²) < 4.78 is 12.5. The van der Waals surface area contributed by atoms with E-state index in [9.17, 15) is 0 Å². The van der Waals surface area contributed by atoms with Crippen molar-refractivity contribution in [2.45, 2.75) is 0 Å². The van der Waals surface area contributed by atoms with Crippen molar-refractivity contribution >= 4 is 109 Å². The molecule has 80 heavy (non-hydrogen) atoms. The van der Waals surface area contributed by atoms with E-state index in [1.807, 2.05) is 18.2 Å². The number of para-hydroxylation sites is 2. The lowest BCUT2D eigenvalue weighted by Gasteiger charge is -2.18. The molecule has 0 bridgehead atoms. The second-order valence-electron chi connectivity index (χ2n) is 21.4. The van der Waals surface area contributed by atoms with Gasteiger partial charge in [-0.05, 0) is 198 Å². The van der Waals surface area contributed by atoms with Crippen LogP contribution in [0.15, 0.2) is 288 Å². The highest BCUT2D eigenvalue weighted by atomic mass is 16.3. The van der Waals surface area contributed by atoms with E-state index in [1.54, 1.807) is 0 Å². The average molecular weight is 1020 g/mol. The third kappa shape index (κ3) is 6.92. The molecule has 0 aliphatic heterocycles. The zero-order chi connectivity index (χ0) is 52.4. The molecule has 0 amide bonds. The molecule has 0 N–H and O–H groups in total. The fourth-order valence-corrected chi connectivity index (χ4v) is 13.3. The number of fused-ring (bicyclic) bond motifs is 12. The van der Waals surface area contributed by atoms with Crippen LogP contribution in [0.4, 0.5) is 0 Å². The molecule has 17 aromatic rings. The summed E-state index contributed by atoms with van der Waals surface area (Å²) in [7, 11) is 0. The van der Waals surface area contributed by atoms with Crippen LogP contribution in [0.3, 0.4) is 0 Å². The summed E-state index contributed by atoms with van der Waals surface area (Å²) in [5, 5.41) is 19.2. The number of hydrogen-bond donors (Lipinski definition) is 0. The molecule has 0 unspecified atom stereocenters. The van der Waals surface area contributed by atoms with Crippen LogP contribution in [0.25, 0.3) is 175 Å². The van der Waals surface area contributed by atoms with Gasteiger partial charge in [0.1, 0.15) is 22.3 Å². The molecule has 2 aromatic heterocycles. The van der Waals surface area contributed by atoms with E-state index >= 15 is 0 Å². The van der Waals surface area contributed by atoms with Gasteiger partial charge in [0.05, 0.1) is 0 Å². The first-order chi connectivity index (χ1) is 39.6. The molecule has 0 spiro atoms. The van der Waals surface area contributed by atoms with Gasteiger partial charge in [-0.3, -0.25) is 0 Å². The molecule has 0 radical (unpaired) electrons. The Kier molecular flexibility index (Phi) is 9.75. The summed E-state index contributed by atoms with van der Waals surface area (Å²) >= 11 is 0. The minimum absolute atomic E-state index is 0.904. The monoisotopic (exact) mass is 1010 g/mol. The van der Waals surface area contributed by atoms with Crippen LogP contribution in [-0.2, 0) is 0 Å². The first-order valence-electron chi connectivity index (χ1n) is 27.5. The molecule has 2 nitrogen and oxygen atoms in total. The van der Waals surface area contributed by atoms with Gasteiger partial charge in [0.25, 0.3) is 0 Å². The van der Waals surface area contributed by atoms with Crippen LogP contribution in [0.2, 0.25) is 0 Å².